The quantitative estimate of drug-likeness (QED) is 0.0266. The van der Waals surface area contributed by atoms with Crippen LogP contribution in [-0.2, 0) is 47.9 Å². The van der Waals surface area contributed by atoms with Crippen molar-refractivity contribution in [1.29, 1.82) is 0 Å². The van der Waals surface area contributed by atoms with Gasteiger partial charge in [0.25, 0.3) is 0 Å². The molecule has 0 aliphatic rings. The summed E-state index contributed by atoms with van der Waals surface area (Å²) in [5, 5.41) is 182. The van der Waals surface area contributed by atoms with Gasteiger partial charge in [0, 0.05) is 12.2 Å². The number of carboxylic acid groups (broad SMARTS) is 3. The van der Waals surface area contributed by atoms with Crippen molar-refractivity contribution in [2.24, 2.45) is 0 Å². The number of aliphatic hydroxyl groups is 14. The third-order valence-electron chi connectivity index (χ3n) is 9.87. The van der Waals surface area contributed by atoms with Crippen molar-refractivity contribution in [1.82, 2.24) is 37.2 Å². The zero-order valence-corrected chi connectivity index (χ0v) is 38.0. The molecular formula is C36H61N7O27S. The van der Waals surface area contributed by atoms with Gasteiger partial charge in [-0.2, -0.15) is 12.6 Å². The fourth-order valence-corrected chi connectivity index (χ4v) is 5.96. The van der Waals surface area contributed by atoms with Gasteiger partial charge in [-0.25, -0.2) is 4.79 Å². The Hall–Kier alpha value is -5.51. The Morgan fingerprint density at radius 1 is 0.380 bits per heavy atom. The van der Waals surface area contributed by atoms with E-state index in [0.29, 0.717) is 0 Å². The molecule has 0 saturated heterocycles. The number of amides is 7. The number of carbonyl (C=O) groups is 10. The van der Waals surface area contributed by atoms with E-state index in [2.05, 4.69) is 12.6 Å². The molecule has 0 heterocycles. The van der Waals surface area contributed by atoms with Gasteiger partial charge in [-0.15, -0.1) is 0 Å². The zero-order chi connectivity index (χ0) is 55.2. The lowest BCUT2D eigenvalue weighted by atomic mass is 9.97. The summed E-state index contributed by atoms with van der Waals surface area (Å²) in [7, 11) is 0. The molecule has 24 N–H and O–H groups in total. The van der Waals surface area contributed by atoms with E-state index in [0.717, 1.165) is 0 Å². The van der Waals surface area contributed by atoms with Crippen LogP contribution < -0.4 is 37.2 Å². The van der Waals surface area contributed by atoms with Crippen LogP contribution in [0.2, 0.25) is 0 Å². The van der Waals surface area contributed by atoms with Crippen LogP contribution in [0.25, 0.3) is 0 Å². The number of hydrogen-bond donors (Lipinski definition) is 25. The summed E-state index contributed by atoms with van der Waals surface area (Å²) in [6.45, 7) is -4.08. The van der Waals surface area contributed by atoms with Crippen molar-refractivity contribution >= 4 is 71.9 Å². The van der Waals surface area contributed by atoms with E-state index >= 15 is 0 Å². The Morgan fingerprint density at radius 2 is 0.648 bits per heavy atom. The van der Waals surface area contributed by atoms with Crippen LogP contribution in [0.3, 0.4) is 0 Å². The minimum atomic E-state index is -2.93. The third kappa shape index (κ3) is 20.6. The lowest BCUT2D eigenvalue weighted by Crippen LogP contribution is -2.67. The molecule has 0 spiro atoms. The number of carboxylic acids is 3. The van der Waals surface area contributed by atoms with Gasteiger partial charge in [-0.3, -0.25) is 43.2 Å². The maximum absolute atomic E-state index is 13.9. The summed E-state index contributed by atoms with van der Waals surface area (Å²) in [6, 6.07) is -17.4. The molecule has 408 valence electrons. The van der Waals surface area contributed by atoms with Gasteiger partial charge in [0.15, 0.2) is 0 Å². The Labute approximate surface area is 405 Å². The summed E-state index contributed by atoms with van der Waals surface area (Å²) in [5.41, 5.74) is 0. The fraction of sp³-hybridized carbons (Fsp3) is 0.722. The minimum absolute atomic E-state index is 0.358. The zero-order valence-electron chi connectivity index (χ0n) is 37.1. The molecule has 0 bridgehead atoms. The van der Waals surface area contributed by atoms with E-state index in [1.165, 1.54) is 6.92 Å². The highest BCUT2D eigenvalue weighted by atomic mass is 32.1. The highest BCUT2D eigenvalue weighted by molar-refractivity contribution is 7.80. The highest BCUT2D eigenvalue weighted by Gasteiger charge is 2.44. The van der Waals surface area contributed by atoms with Crippen molar-refractivity contribution in [2.45, 2.75) is 130 Å². The summed E-state index contributed by atoms with van der Waals surface area (Å²) in [6.07, 6.45) is -28.6. The Morgan fingerprint density at radius 3 is 0.930 bits per heavy atom. The van der Waals surface area contributed by atoms with Gasteiger partial charge in [0.2, 0.25) is 41.4 Å². The van der Waals surface area contributed by atoms with E-state index in [-0.39, 0.29) is 6.42 Å². The van der Waals surface area contributed by atoms with Crippen LogP contribution in [0.5, 0.6) is 0 Å². The van der Waals surface area contributed by atoms with Crippen LogP contribution in [0.15, 0.2) is 0 Å². The molecule has 0 aromatic rings. The van der Waals surface area contributed by atoms with E-state index in [1.54, 1.807) is 31.9 Å². The molecule has 0 saturated carbocycles. The first kappa shape index (κ1) is 65.5. The molecule has 17 atom stereocenters. The van der Waals surface area contributed by atoms with Crippen LogP contribution in [0, 0.1) is 0 Å². The molecule has 7 amide bonds. The second-order valence-electron chi connectivity index (χ2n) is 15.2. The number of aliphatic carboxylic acids is 3. The molecule has 34 nitrogen and oxygen atoms in total. The van der Waals surface area contributed by atoms with Crippen LogP contribution in [0.4, 0.5) is 0 Å². The smallest absolute Gasteiger partial charge is 0.327 e. The number of hydrogen-bond acceptors (Lipinski definition) is 25. The predicted octanol–water partition coefficient (Wildman–Crippen LogP) is -14.7. The third-order valence-corrected chi connectivity index (χ3v) is 10.2. The lowest BCUT2D eigenvalue weighted by molar-refractivity contribution is -0.148. The average molecular weight is 1060 g/mol. The van der Waals surface area contributed by atoms with E-state index in [9.17, 15) is 135 Å². The number of nitrogens with one attached hydrogen (secondary N) is 7. The molecule has 2 unspecified atom stereocenters. The normalized spacial score (nSPS) is 18.6. The fourth-order valence-electron chi connectivity index (χ4n) is 5.71. The molecule has 0 rings (SSSR count). The number of rotatable bonds is 34. The number of aliphatic hydroxyl groups excluding tert-OH is 14. The SMILES string of the molecule is CCC(=O)NC(C(=O)N[C@@H](CC(=O)O)C(=O)NC(C(=O)N[C@H](C(=O)N[C@@H](CC(=O)O)C(=O)N[C@H](C(=O)N[C@@H](CS)C(=O)O)[C@@H](O)[C@H](O)[C@H](O)CO)[C@@H](O)[C@H](O)[C@H](O)CO)[C@H](O)[C@H](O)CO)[C@H](O)[C@H](O)CO. The highest BCUT2D eigenvalue weighted by Crippen LogP contribution is 2.13. The van der Waals surface area contributed by atoms with Gasteiger partial charge in [0.05, 0.1) is 39.3 Å². The standard InChI is InChI=1S/C36H61N7O27S/c1-2-17(52)40-20(24(57)13(48)5-44)32(65)37-10(3-18(53)54)30(63)41-21(25(58)14(49)6-45)35(68)43-23(29(62)27(60)16(51)8-47)33(66)38-11(4-19(55)56)31(64)42-22(28(61)26(59)15(50)7-46)34(67)39-12(9-71)36(69)70/h10-16,20-29,44-51,57-62,71H,2-9H2,1H3,(H,37,65)(H,38,66)(H,39,67)(H,40,52)(H,41,63)(H,42,64)(H,43,68)(H,53,54)(H,55,56)(H,69,70)/t10-,11-,12-,13+,14+,15+,16+,20?,21?,22-,23-,24+,25+,26+,27+,28+,29+/m0/s1. The lowest BCUT2D eigenvalue weighted by Gasteiger charge is -2.33. The first-order valence-corrected chi connectivity index (χ1v) is 21.3. The van der Waals surface area contributed by atoms with Gasteiger partial charge in [-0.1, -0.05) is 6.92 Å². The topological polar surface area (TPSA) is 599 Å². The molecule has 0 aromatic heterocycles. The Kier molecular flexibility index (Phi) is 29.3. The Balaban J connectivity index is 7.42. The second kappa shape index (κ2) is 31.7. The van der Waals surface area contributed by atoms with Gasteiger partial charge in [-0.05, 0) is 0 Å². The van der Waals surface area contributed by atoms with Crippen LogP contribution >= 0.6 is 12.6 Å². The molecule has 71 heavy (non-hydrogen) atoms. The number of carbonyl (C=O) groups excluding carboxylic acids is 7. The van der Waals surface area contributed by atoms with E-state index in [4.69, 9.17) is 0 Å². The van der Waals surface area contributed by atoms with Crippen molar-refractivity contribution in [3.05, 3.63) is 0 Å². The maximum Gasteiger partial charge on any atom is 0.327 e. The van der Waals surface area contributed by atoms with Gasteiger partial charge in [0.1, 0.15) is 103 Å². The first-order valence-electron chi connectivity index (χ1n) is 20.6. The first-order chi connectivity index (χ1) is 33.0. The monoisotopic (exact) mass is 1060 g/mol. The molecule has 0 aromatic carbocycles. The van der Waals surface area contributed by atoms with Crippen molar-refractivity contribution in [3.8, 4) is 0 Å². The second-order valence-corrected chi connectivity index (χ2v) is 15.6. The van der Waals surface area contributed by atoms with Crippen LogP contribution in [-0.4, -0.2) is 282 Å². The summed E-state index contributed by atoms with van der Waals surface area (Å²) in [5.74, 6) is -18.2. The van der Waals surface area contributed by atoms with Crippen molar-refractivity contribution in [3.63, 3.8) is 0 Å². The summed E-state index contributed by atoms with van der Waals surface area (Å²) < 4.78 is 0. The molecule has 0 aliphatic carbocycles. The molecule has 35 heteroatoms. The largest absolute Gasteiger partial charge is 0.481 e. The Bertz CT molecular complexity index is 1820. The molecule has 0 fully saturated rings. The molecule has 0 aliphatic heterocycles. The molecule has 0 radical (unpaired) electrons. The van der Waals surface area contributed by atoms with Crippen molar-refractivity contribution < 1.29 is 135 Å². The van der Waals surface area contributed by atoms with E-state index in [1.807, 2.05) is 5.32 Å². The number of thiol groups is 1. The van der Waals surface area contributed by atoms with Crippen molar-refractivity contribution in [2.75, 3.05) is 32.2 Å². The maximum atomic E-state index is 13.9. The summed E-state index contributed by atoms with van der Waals surface area (Å²) in [4.78, 5) is 129. The van der Waals surface area contributed by atoms with Gasteiger partial charge >= 0.3 is 17.9 Å². The van der Waals surface area contributed by atoms with E-state index < -0.39 is 208 Å². The molecular weight excluding hydrogens is 994 g/mol. The van der Waals surface area contributed by atoms with Gasteiger partial charge < -0.3 is 124 Å². The summed E-state index contributed by atoms with van der Waals surface area (Å²) >= 11 is 3.72. The van der Waals surface area contributed by atoms with Crippen LogP contribution in [0.1, 0.15) is 26.2 Å². The predicted molar refractivity (Wildman–Crippen MR) is 228 cm³/mol. The minimum Gasteiger partial charge on any atom is -0.481 e. The average Bonchev–Trinajstić information content (AvgIpc) is 3.33.